The van der Waals surface area contributed by atoms with Crippen molar-refractivity contribution in [3.63, 3.8) is 0 Å². The number of urea groups is 1. The van der Waals surface area contributed by atoms with Gasteiger partial charge in [-0.05, 0) is 35.4 Å². The molecular formula is C14H13ClFN3O. The number of amides is 2. The highest BCUT2D eigenvalue weighted by Gasteiger charge is 2.03. The molecule has 0 aliphatic heterocycles. The molecule has 0 radical (unpaired) electrons. The summed E-state index contributed by atoms with van der Waals surface area (Å²) in [5.41, 5.74) is 1.69. The summed E-state index contributed by atoms with van der Waals surface area (Å²) in [5.74, 6) is -0.474. The minimum atomic E-state index is -0.474. The maximum absolute atomic E-state index is 13.0. The summed E-state index contributed by atoms with van der Waals surface area (Å²) in [4.78, 5) is 15.5. The number of hydrogen-bond acceptors (Lipinski definition) is 2. The molecule has 1 aromatic carbocycles. The normalized spacial score (nSPS) is 10.1. The molecule has 2 N–H and O–H groups in total. The molecule has 1 aromatic heterocycles. The largest absolute Gasteiger partial charge is 0.334 e. The van der Waals surface area contributed by atoms with E-state index in [0.717, 1.165) is 11.1 Å². The minimum Gasteiger partial charge on any atom is -0.334 e. The summed E-state index contributed by atoms with van der Waals surface area (Å²) in [6, 6.07) is 7.67. The fourth-order valence-corrected chi connectivity index (χ4v) is 1.78. The highest BCUT2D eigenvalue weighted by Crippen LogP contribution is 2.15. The second-order valence-electron chi connectivity index (χ2n) is 4.14. The van der Waals surface area contributed by atoms with E-state index < -0.39 is 5.82 Å². The number of halogens is 2. The van der Waals surface area contributed by atoms with Crippen LogP contribution < -0.4 is 10.6 Å². The molecule has 0 aliphatic rings. The molecule has 0 aliphatic carbocycles. The van der Waals surface area contributed by atoms with Crippen LogP contribution in [0.4, 0.5) is 9.18 Å². The average Bonchev–Trinajstić information content (AvgIpc) is 2.47. The Balaban J connectivity index is 1.79. The van der Waals surface area contributed by atoms with Gasteiger partial charge >= 0.3 is 6.03 Å². The number of rotatable bonds is 4. The minimum absolute atomic E-state index is 0.0430. The standard InChI is InChI=1S/C14H13ClFN3O/c15-12-7-11(1-2-13(12)16)9-19-14(20)18-8-10-3-5-17-6-4-10/h1-7H,8-9H2,(H2,18,19,20). The number of hydrogen-bond donors (Lipinski definition) is 2. The van der Waals surface area contributed by atoms with Crippen LogP contribution in [-0.2, 0) is 13.1 Å². The Labute approximate surface area is 121 Å². The second-order valence-corrected chi connectivity index (χ2v) is 4.55. The Morgan fingerprint density at radius 1 is 1.10 bits per heavy atom. The summed E-state index contributed by atoms with van der Waals surface area (Å²) in [6.45, 7) is 0.695. The molecule has 0 spiro atoms. The topological polar surface area (TPSA) is 54.0 Å². The van der Waals surface area contributed by atoms with Crippen molar-refractivity contribution in [2.45, 2.75) is 13.1 Å². The molecule has 2 amide bonds. The monoisotopic (exact) mass is 293 g/mol. The van der Waals surface area contributed by atoms with Gasteiger partial charge in [-0.1, -0.05) is 17.7 Å². The van der Waals surface area contributed by atoms with E-state index in [1.807, 2.05) is 12.1 Å². The second kappa shape index (κ2) is 6.86. The van der Waals surface area contributed by atoms with Crippen molar-refractivity contribution in [1.82, 2.24) is 15.6 Å². The summed E-state index contributed by atoms with van der Waals surface area (Å²) in [7, 11) is 0. The summed E-state index contributed by atoms with van der Waals surface area (Å²) in [5, 5.41) is 5.42. The van der Waals surface area contributed by atoms with E-state index in [1.54, 1.807) is 18.5 Å². The fourth-order valence-electron chi connectivity index (χ4n) is 1.58. The van der Waals surface area contributed by atoms with E-state index in [-0.39, 0.29) is 17.6 Å². The Morgan fingerprint density at radius 3 is 2.40 bits per heavy atom. The first-order valence-electron chi connectivity index (χ1n) is 5.99. The van der Waals surface area contributed by atoms with Gasteiger partial charge in [0.05, 0.1) is 5.02 Å². The van der Waals surface area contributed by atoms with Gasteiger partial charge in [0.1, 0.15) is 5.82 Å². The van der Waals surface area contributed by atoms with Gasteiger partial charge < -0.3 is 10.6 Å². The zero-order valence-corrected chi connectivity index (χ0v) is 11.3. The zero-order chi connectivity index (χ0) is 14.4. The highest BCUT2D eigenvalue weighted by atomic mass is 35.5. The summed E-state index contributed by atoms with van der Waals surface area (Å²) < 4.78 is 13.0. The van der Waals surface area contributed by atoms with E-state index in [9.17, 15) is 9.18 Å². The quantitative estimate of drug-likeness (QED) is 0.911. The SMILES string of the molecule is O=C(NCc1ccncc1)NCc1ccc(F)c(Cl)c1. The fraction of sp³-hybridized carbons (Fsp3) is 0.143. The van der Waals surface area contributed by atoms with Crippen molar-refractivity contribution >= 4 is 17.6 Å². The third-order valence-corrected chi connectivity index (χ3v) is 2.93. The number of carbonyl (C=O) groups excluding carboxylic acids is 1. The third kappa shape index (κ3) is 4.20. The smallest absolute Gasteiger partial charge is 0.315 e. The van der Waals surface area contributed by atoms with Gasteiger partial charge in [-0.3, -0.25) is 4.98 Å². The number of nitrogens with zero attached hydrogens (tertiary/aromatic N) is 1. The lowest BCUT2D eigenvalue weighted by Crippen LogP contribution is -2.34. The van der Waals surface area contributed by atoms with E-state index in [1.165, 1.54) is 12.1 Å². The maximum atomic E-state index is 13.0. The van der Waals surface area contributed by atoms with Gasteiger partial charge in [0.2, 0.25) is 0 Å². The molecule has 6 heteroatoms. The molecule has 0 saturated carbocycles. The number of benzene rings is 1. The van der Waals surface area contributed by atoms with Crippen LogP contribution in [0.25, 0.3) is 0 Å². The molecule has 1 heterocycles. The number of aromatic nitrogens is 1. The molecular weight excluding hydrogens is 281 g/mol. The van der Waals surface area contributed by atoms with Gasteiger partial charge in [-0.15, -0.1) is 0 Å². The van der Waals surface area contributed by atoms with Crippen molar-refractivity contribution < 1.29 is 9.18 Å². The Hall–Kier alpha value is -2.14. The first-order valence-corrected chi connectivity index (χ1v) is 6.37. The van der Waals surface area contributed by atoms with Crippen molar-refractivity contribution in [3.05, 3.63) is 64.7 Å². The Kier molecular flexibility index (Phi) is 4.90. The van der Waals surface area contributed by atoms with E-state index >= 15 is 0 Å². The molecule has 0 bridgehead atoms. The Bertz CT molecular complexity index is 592. The molecule has 0 atom stereocenters. The van der Waals surface area contributed by atoms with Gasteiger partial charge in [0, 0.05) is 25.5 Å². The zero-order valence-electron chi connectivity index (χ0n) is 10.6. The molecule has 2 aromatic rings. The highest BCUT2D eigenvalue weighted by molar-refractivity contribution is 6.30. The maximum Gasteiger partial charge on any atom is 0.315 e. The average molecular weight is 294 g/mol. The van der Waals surface area contributed by atoms with Crippen LogP contribution in [0.5, 0.6) is 0 Å². The van der Waals surface area contributed by atoms with Crippen molar-refractivity contribution in [1.29, 1.82) is 0 Å². The summed E-state index contributed by atoms with van der Waals surface area (Å²) >= 11 is 5.66. The number of nitrogens with one attached hydrogen (secondary N) is 2. The van der Waals surface area contributed by atoms with Gasteiger partial charge in [0.25, 0.3) is 0 Å². The molecule has 104 valence electrons. The van der Waals surface area contributed by atoms with Crippen LogP contribution in [0.1, 0.15) is 11.1 Å². The van der Waals surface area contributed by atoms with Crippen LogP contribution in [0, 0.1) is 5.82 Å². The molecule has 0 saturated heterocycles. The lowest BCUT2D eigenvalue weighted by atomic mass is 10.2. The van der Waals surface area contributed by atoms with Gasteiger partial charge in [-0.2, -0.15) is 0 Å². The molecule has 2 rings (SSSR count). The van der Waals surface area contributed by atoms with Gasteiger partial charge in [-0.25, -0.2) is 9.18 Å². The third-order valence-electron chi connectivity index (χ3n) is 2.64. The van der Waals surface area contributed by atoms with Crippen molar-refractivity contribution in [2.24, 2.45) is 0 Å². The first-order chi connectivity index (χ1) is 9.65. The van der Waals surface area contributed by atoms with E-state index in [2.05, 4.69) is 15.6 Å². The van der Waals surface area contributed by atoms with E-state index in [0.29, 0.717) is 6.54 Å². The predicted octanol–water partition coefficient (Wildman–Crippen LogP) is 2.87. The van der Waals surface area contributed by atoms with Crippen LogP contribution in [-0.4, -0.2) is 11.0 Å². The number of carbonyl (C=O) groups is 1. The lowest BCUT2D eigenvalue weighted by molar-refractivity contribution is 0.240. The van der Waals surface area contributed by atoms with Crippen LogP contribution in [0.15, 0.2) is 42.7 Å². The molecule has 0 fully saturated rings. The van der Waals surface area contributed by atoms with Crippen molar-refractivity contribution in [2.75, 3.05) is 0 Å². The van der Waals surface area contributed by atoms with Gasteiger partial charge in [0.15, 0.2) is 0 Å². The molecule has 4 nitrogen and oxygen atoms in total. The van der Waals surface area contributed by atoms with Crippen LogP contribution in [0.2, 0.25) is 5.02 Å². The summed E-state index contributed by atoms with van der Waals surface area (Å²) in [6.07, 6.45) is 3.32. The van der Waals surface area contributed by atoms with Crippen LogP contribution >= 0.6 is 11.6 Å². The van der Waals surface area contributed by atoms with Crippen LogP contribution in [0.3, 0.4) is 0 Å². The Morgan fingerprint density at radius 2 is 1.75 bits per heavy atom. The van der Waals surface area contributed by atoms with E-state index in [4.69, 9.17) is 11.6 Å². The molecule has 20 heavy (non-hydrogen) atoms. The number of pyridine rings is 1. The lowest BCUT2D eigenvalue weighted by Gasteiger charge is -2.08. The molecule has 0 unspecified atom stereocenters. The first kappa shape index (κ1) is 14.3. The predicted molar refractivity (Wildman–Crippen MR) is 74.7 cm³/mol. The van der Waals surface area contributed by atoms with Crippen molar-refractivity contribution in [3.8, 4) is 0 Å².